The molecule has 0 aromatic heterocycles. The largest absolute Gasteiger partial charge is 0.389 e. The van der Waals surface area contributed by atoms with Gasteiger partial charge in [0.2, 0.25) is 10.0 Å². The SMILES string of the molecule is O=S(=O)(CCCC(F)(F)F)NCC1CCC(Br)C1. The molecule has 0 radical (unpaired) electrons. The Bertz CT molecular complexity index is 359. The fourth-order valence-corrected chi connectivity index (χ4v) is 3.93. The third-order valence-electron chi connectivity index (χ3n) is 2.94. The van der Waals surface area contributed by atoms with Crippen molar-refractivity contribution in [2.75, 3.05) is 12.3 Å². The van der Waals surface area contributed by atoms with Crippen LogP contribution < -0.4 is 4.72 Å². The number of hydrogen-bond donors (Lipinski definition) is 1. The zero-order valence-electron chi connectivity index (χ0n) is 9.84. The van der Waals surface area contributed by atoms with Crippen LogP contribution in [-0.2, 0) is 10.0 Å². The maximum absolute atomic E-state index is 11.9. The summed E-state index contributed by atoms with van der Waals surface area (Å²) in [6.07, 6.45) is -2.86. The maximum Gasteiger partial charge on any atom is 0.389 e. The zero-order valence-corrected chi connectivity index (χ0v) is 12.2. The van der Waals surface area contributed by atoms with Gasteiger partial charge in [0.15, 0.2) is 0 Å². The van der Waals surface area contributed by atoms with Gasteiger partial charge in [-0.2, -0.15) is 13.2 Å². The van der Waals surface area contributed by atoms with Gasteiger partial charge in [-0.1, -0.05) is 15.9 Å². The summed E-state index contributed by atoms with van der Waals surface area (Å²) in [6.45, 7) is 0.330. The van der Waals surface area contributed by atoms with Crippen LogP contribution in [0.3, 0.4) is 0 Å². The first kappa shape index (κ1) is 16.2. The molecule has 0 aromatic carbocycles. The first-order valence-electron chi connectivity index (χ1n) is 5.86. The molecule has 1 N–H and O–H groups in total. The van der Waals surface area contributed by atoms with Crippen molar-refractivity contribution in [3.8, 4) is 0 Å². The lowest BCUT2D eigenvalue weighted by atomic mass is 10.1. The highest BCUT2D eigenvalue weighted by atomic mass is 79.9. The van der Waals surface area contributed by atoms with Crippen molar-refractivity contribution < 1.29 is 21.6 Å². The summed E-state index contributed by atoms with van der Waals surface area (Å²) in [4.78, 5) is 0.428. The van der Waals surface area contributed by atoms with E-state index < -0.39 is 28.4 Å². The average Bonchev–Trinajstić information content (AvgIpc) is 2.59. The van der Waals surface area contributed by atoms with Gasteiger partial charge in [-0.15, -0.1) is 0 Å². The predicted molar refractivity (Wildman–Crippen MR) is 67.1 cm³/mol. The lowest BCUT2D eigenvalue weighted by Crippen LogP contribution is -2.31. The zero-order chi connectivity index (χ0) is 13.8. The second-order valence-corrected chi connectivity index (χ2v) is 7.88. The first-order valence-corrected chi connectivity index (χ1v) is 8.43. The third kappa shape index (κ3) is 6.94. The molecule has 0 amide bonds. The summed E-state index contributed by atoms with van der Waals surface area (Å²) in [5.41, 5.74) is 0. The van der Waals surface area contributed by atoms with E-state index in [2.05, 4.69) is 20.7 Å². The van der Waals surface area contributed by atoms with E-state index in [4.69, 9.17) is 0 Å². The highest BCUT2D eigenvalue weighted by Crippen LogP contribution is 2.30. The Hall–Kier alpha value is 0.180. The molecule has 1 fully saturated rings. The second-order valence-electron chi connectivity index (χ2n) is 4.66. The maximum atomic E-state index is 11.9. The molecule has 0 bridgehead atoms. The van der Waals surface area contributed by atoms with Gasteiger partial charge < -0.3 is 0 Å². The van der Waals surface area contributed by atoms with Crippen LogP contribution in [0.2, 0.25) is 0 Å². The van der Waals surface area contributed by atoms with Crippen LogP contribution in [0.15, 0.2) is 0 Å². The van der Waals surface area contributed by atoms with Gasteiger partial charge in [-0.25, -0.2) is 13.1 Å². The van der Waals surface area contributed by atoms with Crippen LogP contribution in [0.4, 0.5) is 13.2 Å². The Labute approximate surface area is 114 Å². The number of alkyl halides is 4. The average molecular weight is 352 g/mol. The molecule has 1 saturated carbocycles. The third-order valence-corrected chi connectivity index (χ3v) is 5.21. The summed E-state index contributed by atoms with van der Waals surface area (Å²) in [5, 5.41) is 0. The highest BCUT2D eigenvalue weighted by molar-refractivity contribution is 9.09. The van der Waals surface area contributed by atoms with Crippen LogP contribution in [0, 0.1) is 5.92 Å². The molecule has 3 nitrogen and oxygen atoms in total. The molecule has 0 spiro atoms. The summed E-state index contributed by atoms with van der Waals surface area (Å²) in [5.74, 6) is -0.177. The number of rotatable bonds is 6. The topological polar surface area (TPSA) is 46.2 Å². The second kappa shape index (κ2) is 6.56. The van der Waals surface area contributed by atoms with Crippen molar-refractivity contribution in [3.05, 3.63) is 0 Å². The van der Waals surface area contributed by atoms with E-state index in [9.17, 15) is 21.6 Å². The van der Waals surface area contributed by atoms with Crippen LogP contribution in [0.5, 0.6) is 0 Å². The number of hydrogen-bond acceptors (Lipinski definition) is 2. The standard InChI is InChI=1S/C10H17BrF3NO2S/c11-9-3-2-8(6-9)7-15-18(16,17)5-1-4-10(12,13)14/h8-9,15H,1-7H2. The Balaban J connectivity index is 2.23. The van der Waals surface area contributed by atoms with Crippen LogP contribution in [0.25, 0.3) is 0 Å². The summed E-state index contributed by atoms with van der Waals surface area (Å²) in [7, 11) is -3.57. The summed E-state index contributed by atoms with van der Waals surface area (Å²) >= 11 is 3.46. The van der Waals surface area contributed by atoms with E-state index >= 15 is 0 Å². The normalized spacial score (nSPS) is 25.6. The monoisotopic (exact) mass is 351 g/mol. The molecular formula is C10H17BrF3NO2S. The van der Waals surface area contributed by atoms with Gasteiger partial charge in [-0.3, -0.25) is 0 Å². The molecular weight excluding hydrogens is 335 g/mol. The molecule has 108 valence electrons. The van der Waals surface area contributed by atoms with Crippen molar-refractivity contribution in [2.45, 2.75) is 43.1 Å². The molecule has 18 heavy (non-hydrogen) atoms. The first-order chi connectivity index (χ1) is 8.18. The molecule has 2 unspecified atom stereocenters. The van der Waals surface area contributed by atoms with E-state index in [1.54, 1.807) is 0 Å². The summed E-state index contributed by atoms with van der Waals surface area (Å²) in [6, 6.07) is 0. The number of sulfonamides is 1. The fourth-order valence-electron chi connectivity index (χ4n) is 1.98. The van der Waals surface area contributed by atoms with E-state index in [1.165, 1.54) is 0 Å². The molecule has 2 atom stereocenters. The number of nitrogens with one attached hydrogen (secondary N) is 1. The molecule has 1 rings (SSSR count). The quantitative estimate of drug-likeness (QED) is 0.748. The van der Waals surface area contributed by atoms with Crippen molar-refractivity contribution >= 4 is 26.0 Å². The minimum absolute atomic E-state index is 0.284. The minimum atomic E-state index is -4.29. The molecule has 0 aromatic rings. The van der Waals surface area contributed by atoms with Crippen LogP contribution >= 0.6 is 15.9 Å². The van der Waals surface area contributed by atoms with Gasteiger partial charge in [0.05, 0.1) is 5.75 Å². The lowest BCUT2D eigenvalue weighted by molar-refractivity contribution is -0.134. The highest BCUT2D eigenvalue weighted by Gasteiger charge is 2.28. The van der Waals surface area contributed by atoms with Gasteiger partial charge in [0, 0.05) is 17.8 Å². The van der Waals surface area contributed by atoms with Crippen molar-refractivity contribution in [2.24, 2.45) is 5.92 Å². The molecule has 1 aliphatic rings. The number of halogens is 4. The molecule has 0 heterocycles. The smallest absolute Gasteiger partial charge is 0.215 e. The van der Waals surface area contributed by atoms with Gasteiger partial charge in [0.1, 0.15) is 0 Å². The molecule has 0 saturated heterocycles. The van der Waals surface area contributed by atoms with E-state index in [0.717, 1.165) is 19.3 Å². The summed E-state index contributed by atoms with van der Waals surface area (Å²) < 4.78 is 61.0. The van der Waals surface area contributed by atoms with E-state index in [-0.39, 0.29) is 12.3 Å². The van der Waals surface area contributed by atoms with Gasteiger partial charge >= 0.3 is 6.18 Å². The predicted octanol–water partition coefficient (Wildman–Crippen LogP) is 2.81. The van der Waals surface area contributed by atoms with Gasteiger partial charge in [0.25, 0.3) is 0 Å². The molecule has 8 heteroatoms. The Morgan fingerprint density at radius 3 is 2.44 bits per heavy atom. The van der Waals surface area contributed by atoms with Gasteiger partial charge in [-0.05, 0) is 31.6 Å². The van der Waals surface area contributed by atoms with E-state index in [1.807, 2.05) is 0 Å². The van der Waals surface area contributed by atoms with Crippen LogP contribution in [0.1, 0.15) is 32.1 Å². The van der Waals surface area contributed by atoms with Crippen molar-refractivity contribution in [1.82, 2.24) is 4.72 Å². The lowest BCUT2D eigenvalue weighted by Gasteiger charge is -2.12. The van der Waals surface area contributed by atoms with Crippen molar-refractivity contribution in [1.29, 1.82) is 0 Å². The van der Waals surface area contributed by atoms with Crippen LogP contribution in [-0.4, -0.2) is 31.7 Å². The van der Waals surface area contributed by atoms with Crippen molar-refractivity contribution in [3.63, 3.8) is 0 Å². The Morgan fingerprint density at radius 1 is 1.28 bits per heavy atom. The Kier molecular flexibility index (Phi) is 5.92. The molecule has 1 aliphatic carbocycles. The van der Waals surface area contributed by atoms with E-state index in [0.29, 0.717) is 11.4 Å². The fraction of sp³-hybridized carbons (Fsp3) is 1.00. The molecule has 0 aliphatic heterocycles. The Morgan fingerprint density at radius 2 is 1.94 bits per heavy atom. The minimum Gasteiger partial charge on any atom is -0.215 e.